The second-order valence-electron chi connectivity index (χ2n) is 5.86. The molecule has 3 unspecified atom stereocenters. The lowest BCUT2D eigenvalue weighted by Gasteiger charge is -2.28. The van der Waals surface area contributed by atoms with Crippen LogP contribution in [0.4, 0.5) is 4.79 Å². The third kappa shape index (κ3) is 5.47. The van der Waals surface area contributed by atoms with E-state index in [2.05, 4.69) is 0 Å². The number of aliphatic hydroxyl groups is 1. The van der Waals surface area contributed by atoms with Gasteiger partial charge in [-0.05, 0) is 19.3 Å². The van der Waals surface area contributed by atoms with Gasteiger partial charge >= 0.3 is 6.09 Å². The molecule has 2 fully saturated rings. The number of halogens is 2. The van der Waals surface area contributed by atoms with E-state index in [0.717, 1.165) is 6.42 Å². The number of nitrogens with zero attached hydrogens (tertiary/aromatic N) is 1. The van der Waals surface area contributed by atoms with Crippen LogP contribution in [0.5, 0.6) is 0 Å². The van der Waals surface area contributed by atoms with Crippen LogP contribution in [0.25, 0.3) is 0 Å². The Morgan fingerprint density at radius 2 is 1.95 bits per heavy atom. The van der Waals surface area contributed by atoms with Gasteiger partial charge in [0, 0.05) is 12.6 Å². The summed E-state index contributed by atoms with van der Waals surface area (Å²) in [5, 5.41) is 10.3. The number of nitrogens with two attached hydrogens (primary N) is 1. The third-order valence-corrected chi connectivity index (χ3v) is 4.44. The number of amides is 1. The summed E-state index contributed by atoms with van der Waals surface area (Å²) < 4.78 is 5.19. The molecule has 5 nitrogen and oxygen atoms in total. The fourth-order valence-corrected chi connectivity index (χ4v) is 3.19. The van der Waals surface area contributed by atoms with E-state index in [9.17, 15) is 9.90 Å². The molecule has 7 heteroatoms. The second-order valence-corrected chi connectivity index (χ2v) is 5.86. The molecular formula is C14H28Cl2N2O3. The van der Waals surface area contributed by atoms with Crippen molar-refractivity contribution in [1.82, 2.24) is 4.90 Å². The lowest BCUT2D eigenvalue weighted by atomic mass is 9.83. The zero-order chi connectivity index (χ0) is 13.8. The minimum Gasteiger partial charge on any atom is -0.441 e. The van der Waals surface area contributed by atoms with Gasteiger partial charge in [0.25, 0.3) is 0 Å². The lowest BCUT2D eigenvalue weighted by Crippen LogP contribution is -2.45. The van der Waals surface area contributed by atoms with Crippen LogP contribution >= 0.6 is 24.8 Å². The molecule has 1 heterocycles. The zero-order valence-corrected chi connectivity index (χ0v) is 14.2. The van der Waals surface area contributed by atoms with E-state index in [1.807, 2.05) is 6.92 Å². The van der Waals surface area contributed by atoms with Crippen LogP contribution in [0, 0.1) is 5.92 Å². The summed E-state index contributed by atoms with van der Waals surface area (Å²) >= 11 is 0. The van der Waals surface area contributed by atoms with E-state index in [0.29, 0.717) is 19.0 Å². The molecule has 1 aliphatic heterocycles. The van der Waals surface area contributed by atoms with E-state index >= 15 is 0 Å². The number of carbonyl (C=O) groups excluding carboxylic acids is 1. The average molecular weight is 343 g/mol. The number of hydrogen-bond acceptors (Lipinski definition) is 4. The molecule has 2 aliphatic rings. The van der Waals surface area contributed by atoms with Crippen LogP contribution in [0.2, 0.25) is 0 Å². The number of likely N-dealkylation sites (N-methyl/N-ethyl adjacent to an activating group) is 1. The molecule has 2 rings (SSSR count). The Morgan fingerprint density at radius 1 is 1.33 bits per heavy atom. The molecule has 0 spiro atoms. The van der Waals surface area contributed by atoms with Crippen LogP contribution in [0.1, 0.15) is 45.4 Å². The maximum Gasteiger partial charge on any atom is 0.410 e. The van der Waals surface area contributed by atoms with Gasteiger partial charge in [-0.3, -0.25) is 0 Å². The van der Waals surface area contributed by atoms with Crippen LogP contribution in [0.15, 0.2) is 0 Å². The number of hydrogen-bond donors (Lipinski definition) is 2. The van der Waals surface area contributed by atoms with Crippen molar-refractivity contribution in [2.75, 3.05) is 13.1 Å². The predicted octanol–water partition coefficient (Wildman–Crippen LogP) is 2.33. The summed E-state index contributed by atoms with van der Waals surface area (Å²) in [5.41, 5.74) is 6.10. The first kappa shape index (κ1) is 20.8. The topological polar surface area (TPSA) is 75.8 Å². The molecule has 0 aromatic carbocycles. The molecule has 3 N–H and O–H groups in total. The SMILES string of the molecule is CCN1CC(C(O)C(N)CC2CCCCC2)OC1=O.Cl.Cl. The summed E-state index contributed by atoms with van der Waals surface area (Å²) in [5.74, 6) is 0.623. The standard InChI is InChI=1S/C14H26N2O3.2ClH/c1-2-16-9-12(19-14(16)18)13(17)11(15)8-10-6-4-3-5-7-10;;/h10-13,17H,2-9,15H2,1H3;2*1H. The van der Waals surface area contributed by atoms with Crippen molar-refractivity contribution in [3.8, 4) is 0 Å². The fraction of sp³-hybridized carbons (Fsp3) is 0.929. The van der Waals surface area contributed by atoms with Gasteiger partial charge in [-0.15, -0.1) is 24.8 Å². The number of rotatable bonds is 5. The normalized spacial score (nSPS) is 25.6. The first-order valence-corrected chi connectivity index (χ1v) is 7.51. The Balaban J connectivity index is 0.00000200. The molecule has 126 valence electrons. The van der Waals surface area contributed by atoms with Gasteiger partial charge in [-0.2, -0.15) is 0 Å². The number of aliphatic hydroxyl groups excluding tert-OH is 1. The predicted molar refractivity (Wildman–Crippen MR) is 87.2 cm³/mol. The van der Waals surface area contributed by atoms with Gasteiger partial charge < -0.3 is 20.5 Å². The first-order chi connectivity index (χ1) is 9.11. The molecule has 1 saturated heterocycles. The largest absolute Gasteiger partial charge is 0.441 e. The van der Waals surface area contributed by atoms with Gasteiger partial charge in [-0.25, -0.2) is 4.79 Å². The quantitative estimate of drug-likeness (QED) is 0.803. The summed E-state index contributed by atoms with van der Waals surface area (Å²) in [6.45, 7) is 2.97. The summed E-state index contributed by atoms with van der Waals surface area (Å²) in [6, 6.07) is -0.294. The monoisotopic (exact) mass is 342 g/mol. The molecule has 21 heavy (non-hydrogen) atoms. The maximum atomic E-state index is 11.5. The highest BCUT2D eigenvalue weighted by Crippen LogP contribution is 2.28. The summed E-state index contributed by atoms with van der Waals surface area (Å²) in [7, 11) is 0. The Bertz CT molecular complexity index is 315. The lowest BCUT2D eigenvalue weighted by molar-refractivity contribution is 0.0120. The Morgan fingerprint density at radius 3 is 2.48 bits per heavy atom. The van der Waals surface area contributed by atoms with Gasteiger partial charge in [0.1, 0.15) is 12.2 Å². The van der Waals surface area contributed by atoms with Crippen molar-refractivity contribution in [3.63, 3.8) is 0 Å². The van der Waals surface area contributed by atoms with Gasteiger partial charge in [0.2, 0.25) is 0 Å². The number of cyclic esters (lactones) is 1. The Labute approximate surface area is 139 Å². The van der Waals surface area contributed by atoms with E-state index in [-0.39, 0.29) is 36.9 Å². The number of ether oxygens (including phenoxy) is 1. The minimum atomic E-state index is -0.748. The third-order valence-electron chi connectivity index (χ3n) is 4.44. The Kier molecular flexibility index (Phi) is 9.61. The minimum absolute atomic E-state index is 0. The Hall–Kier alpha value is -0.230. The highest BCUT2D eigenvalue weighted by Gasteiger charge is 2.38. The van der Waals surface area contributed by atoms with Crippen molar-refractivity contribution < 1.29 is 14.6 Å². The van der Waals surface area contributed by atoms with Crippen molar-refractivity contribution in [3.05, 3.63) is 0 Å². The van der Waals surface area contributed by atoms with Crippen LogP contribution in [0.3, 0.4) is 0 Å². The first-order valence-electron chi connectivity index (χ1n) is 7.51. The van der Waals surface area contributed by atoms with Crippen LogP contribution < -0.4 is 5.73 Å². The fourth-order valence-electron chi connectivity index (χ4n) is 3.19. The van der Waals surface area contributed by atoms with Crippen molar-refractivity contribution in [1.29, 1.82) is 0 Å². The molecule has 1 amide bonds. The van der Waals surface area contributed by atoms with E-state index in [1.54, 1.807) is 4.90 Å². The van der Waals surface area contributed by atoms with Crippen molar-refractivity contribution in [2.45, 2.75) is 63.7 Å². The molecule has 1 saturated carbocycles. The van der Waals surface area contributed by atoms with Crippen molar-refractivity contribution >= 4 is 30.9 Å². The highest BCUT2D eigenvalue weighted by molar-refractivity contribution is 5.85. The van der Waals surface area contributed by atoms with Crippen molar-refractivity contribution in [2.24, 2.45) is 11.7 Å². The molecule has 0 aromatic heterocycles. The molecular weight excluding hydrogens is 315 g/mol. The van der Waals surface area contributed by atoms with Gasteiger partial charge in [0.05, 0.1) is 6.54 Å². The molecule has 0 radical (unpaired) electrons. The maximum absolute atomic E-state index is 11.5. The van der Waals surface area contributed by atoms with Crippen LogP contribution in [-0.2, 0) is 4.74 Å². The summed E-state index contributed by atoms with van der Waals surface area (Å²) in [4.78, 5) is 13.1. The summed E-state index contributed by atoms with van der Waals surface area (Å²) in [6.07, 6.45) is 5.58. The number of carbonyl (C=O) groups is 1. The second kappa shape index (κ2) is 9.72. The van der Waals surface area contributed by atoms with Gasteiger partial charge in [-0.1, -0.05) is 32.1 Å². The average Bonchev–Trinajstić information content (AvgIpc) is 2.80. The molecule has 3 atom stereocenters. The zero-order valence-electron chi connectivity index (χ0n) is 12.6. The molecule has 0 bridgehead atoms. The smallest absolute Gasteiger partial charge is 0.410 e. The van der Waals surface area contributed by atoms with Crippen LogP contribution in [-0.4, -0.2) is 47.4 Å². The van der Waals surface area contributed by atoms with E-state index < -0.39 is 12.2 Å². The highest BCUT2D eigenvalue weighted by atomic mass is 35.5. The van der Waals surface area contributed by atoms with E-state index in [4.69, 9.17) is 10.5 Å². The van der Waals surface area contributed by atoms with E-state index in [1.165, 1.54) is 32.1 Å². The molecule has 0 aromatic rings. The van der Waals surface area contributed by atoms with Gasteiger partial charge in [0.15, 0.2) is 0 Å². The molecule has 1 aliphatic carbocycles.